The number of nitrogens with two attached hydrogens (primary N) is 1. The second-order valence-corrected chi connectivity index (χ2v) is 4.75. The maximum Gasteiger partial charge on any atom is 0.167 e. The van der Waals surface area contributed by atoms with Crippen LogP contribution in [0.4, 0.5) is 10.1 Å². The maximum absolute atomic E-state index is 12.9. The van der Waals surface area contributed by atoms with Crippen molar-refractivity contribution in [3.8, 4) is 22.6 Å². The van der Waals surface area contributed by atoms with E-state index < -0.39 is 0 Å². The molecule has 5 heteroatoms. The molecule has 0 bridgehead atoms. The molecule has 0 fully saturated rings. The molecule has 2 N–H and O–H groups in total. The van der Waals surface area contributed by atoms with Crippen molar-refractivity contribution < 1.29 is 8.91 Å². The summed E-state index contributed by atoms with van der Waals surface area (Å²) in [7, 11) is 0. The lowest BCUT2D eigenvalue weighted by Crippen LogP contribution is -1.89. The zero-order chi connectivity index (χ0) is 14.1. The SMILES string of the molecule is Nc1ccc(Cl)cc1-c1cc(-c2ccc(F)cc2)on1. The fraction of sp³-hybridized carbons (Fsp3) is 0. The quantitative estimate of drug-likeness (QED) is 0.712. The highest BCUT2D eigenvalue weighted by atomic mass is 35.5. The topological polar surface area (TPSA) is 52.0 Å². The highest BCUT2D eigenvalue weighted by Gasteiger charge is 2.11. The lowest BCUT2D eigenvalue weighted by Gasteiger charge is -2.01. The zero-order valence-corrected chi connectivity index (χ0v) is 11.1. The predicted molar refractivity (Wildman–Crippen MR) is 76.8 cm³/mol. The molecule has 0 aliphatic carbocycles. The van der Waals surface area contributed by atoms with Crippen LogP contribution >= 0.6 is 11.6 Å². The van der Waals surface area contributed by atoms with E-state index in [2.05, 4.69) is 5.16 Å². The molecule has 20 heavy (non-hydrogen) atoms. The van der Waals surface area contributed by atoms with Crippen LogP contribution < -0.4 is 5.73 Å². The Bertz CT molecular complexity index is 753. The number of rotatable bonds is 2. The largest absolute Gasteiger partial charge is 0.398 e. The van der Waals surface area contributed by atoms with Gasteiger partial charge in [0.2, 0.25) is 0 Å². The number of nitrogens with zero attached hydrogens (tertiary/aromatic N) is 1. The summed E-state index contributed by atoms with van der Waals surface area (Å²) < 4.78 is 18.2. The number of nitrogen functional groups attached to an aromatic ring is 1. The van der Waals surface area contributed by atoms with Crippen molar-refractivity contribution in [3.63, 3.8) is 0 Å². The van der Waals surface area contributed by atoms with Crippen molar-refractivity contribution in [1.29, 1.82) is 0 Å². The standard InChI is InChI=1S/C15H10ClFN2O/c16-10-3-6-13(18)12(7-10)14-8-15(20-19-14)9-1-4-11(17)5-2-9/h1-8H,18H2. The van der Waals surface area contributed by atoms with Crippen LogP contribution in [-0.4, -0.2) is 5.16 Å². The molecule has 3 nitrogen and oxygen atoms in total. The van der Waals surface area contributed by atoms with Crippen LogP contribution in [0.3, 0.4) is 0 Å². The van der Waals surface area contributed by atoms with E-state index in [1.807, 2.05) is 0 Å². The molecule has 0 spiro atoms. The van der Waals surface area contributed by atoms with Crippen LogP contribution in [0.1, 0.15) is 0 Å². The van der Waals surface area contributed by atoms with Crippen LogP contribution in [-0.2, 0) is 0 Å². The molecule has 0 radical (unpaired) electrons. The Morgan fingerprint density at radius 1 is 1.05 bits per heavy atom. The number of hydrogen-bond donors (Lipinski definition) is 1. The summed E-state index contributed by atoms with van der Waals surface area (Å²) in [5, 5.41) is 4.55. The summed E-state index contributed by atoms with van der Waals surface area (Å²) in [6.45, 7) is 0. The molecule has 0 saturated heterocycles. The van der Waals surface area contributed by atoms with E-state index in [0.29, 0.717) is 27.7 Å². The molecule has 0 saturated carbocycles. The van der Waals surface area contributed by atoms with E-state index in [4.69, 9.17) is 21.9 Å². The Balaban J connectivity index is 2.01. The minimum Gasteiger partial charge on any atom is -0.398 e. The van der Waals surface area contributed by atoms with Crippen LogP contribution in [0.25, 0.3) is 22.6 Å². The molecule has 3 rings (SSSR count). The molecule has 0 atom stereocenters. The third kappa shape index (κ3) is 2.38. The van der Waals surface area contributed by atoms with Gasteiger partial charge in [0.25, 0.3) is 0 Å². The third-order valence-corrected chi connectivity index (χ3v) is 3.17. The first-order valence-corrected chi connectivity index (χ1v) is 6.29. The van der Waals surface area contributed by atoms with Crippen molar-refractivity contribution >= 4 is 17.3 Å². The molecule has 0 amide bonds. The van der Waals surface area contributed by atoms with Crippen molar-refractivity contribution in [1.82, 2.24) is 5.16 Å². The molecule has 0 unspecified atom stereocenters. The van der Waals surface area contributed by atoms with Gasteiger partial charge in [-0.2, -0.15) is 0 Å². The summed E-state index contributed by atoms with van der Waals surface area (Å²) in [6.07, 6.45) is 0. The fourth-order valence-electron chi connectivity index (χ4n) is 1.90. The molecular formula is C15H10ClFN2O. The second-order valence-electron chi connectivity index (χ2n) is 4.31. The van der Waals surface area contributed by atoms with Gasteiger partial charge in [0.05, 0.1) is 0 Å². The van der Waals surface area contributed by atoms with Gasteiger partial charge in [-0.25, -0.2) is 4.39 Å². The van der Waals surface area contributed by atoms with Crippen LogP contribution in [0.15, 0.2) is 53.1 Å². The minimum atomic E-state index is -0.299. The fourth-order valence-corrected chi connectivity index (χ4v) is 2.07. The molecule has 0 aliphatic rings. The Morgan fingerprint density at radius 3 is 2.55 bits per heavy atom. The van der Waals surface area contributed by atoms with E-state index in [1.54, 1.807) is 36.4 Å². The first-order chi connectivity index (χ1) is 9.63. The zero-order valence-electron chi connectivity index (χ0n) is 10.3. The Hall–Kier alpha value is -2.33. The lowest BCUT2D eigenvalue weighted by molar-refractivity contribution is 0.435. The Morgan fingerprint density at radius 2 is 1.80 bits per heavy atom. The summed E-state index contributed by atoms with van der Waals surface area (Å²) in [6, 6.07) is 12.9. The third-order valence-electron chi connectivity index (χ3n) is 2.93. The van der Waals surface area contributed by atoms with E-state index >= 15 is 0 Å². The molecular weight excluding hydrogens is 279 g/mol. The lowest BCUT2D eigenvalue weighted by atomic mass is 10.1. The number of aromatic nitrogens is 1. The van der Waals surface area contributed by atoms with Crippen molar-refractivity contribution in [3.05, 3.63) is 59.4 Å². The average Bonchev–Trinajstić information content (AvgIpc) is 2.92. The first kappa shape index (κ1) is 12.7. The van der Waals surface area contributed by atoms with Crippen molar-refractivity contribution in [2.75, 3.05) is 5.73 Å². The number of hydrogen-bond acceptors (Lipinski definition) is 3. The number of benzene rings is 2. The molecule has 3 aromatic rings. The minimum absolute atomic E-state index is 0.299. The number of halogens is 2. The van der Waals surface area contributed by atoms with E-state index in [0.717, 1.165) is 5.56 Å². The summed E-state index contributed by atoms with van der Waals surface area (Å²) in [5.74, 6) is 0.243. The second kappa shape index (κ2) is 4.98. The van der Waals surface area contributed by atoms with Gasteiger partial charge in [-0.3, -0.25) is 0 Å². The molecule has 100 valence electrons. The van der Waals surface area contributed by atoms with Crippen molar-refractivity contribution in [2.45, 2.75) is 0 Å². The Labute approximate surface area is 119 Å². The van der Waals surface area contributed by atoms with Gasteiger partial charge in [0.1, 0.15) is 11.5 Å². The predicted octanol–water partition coefficient (Wildman–Crippen LogP) is 4.38. The first-order valence-electron chi connectivity index (χ1n) is 5.91. The van der Waals surface area contributed by atoms with Gasteiger partial charge in [0.15, 0.2) is 5.76 Å². The molecule has 0 aliphatic heterocycles. The monoisotopic (exact) mass is 288 g/mol. The Kier molecular flexibility index (Phi) is 3.16. The molecule has 1 heterocycles. The molecule has 2 aromatic carbocycles. The van der Waals surface area contributed by atoms with Gasteiger partial charge in [-0.1, -0.05) is 16.8 Å². The number of anilines is 1. The van der Waals surface area contributed by atoms with Crippen LogP contribution in [0, 0.1) is 5.82 Å². The van der Waals surface area contributed by atoms with Crippen LogP contribution in [0.2, 0.25) is 5.02 Å². The summed E-state index contributed by atoms with van der Waals surface area (Å²) in [5.41, 5.74) is 8.49. The van der Waals surface area contributed by atoms with E-state index in [1.165, 1.54) is 12.1 Å². The summed E-state index contributed by atoms with van der Waals surface area (Å²) in [4.78, 5) is 0. The summed E-state index contributed by atoms with van der Waals surface area (Å²) >= 11 is 5.95. The average molecular weight is 289 g/mol. The van der Waals surface area contributed by atoms with Crippen molar-refractivity contribution in [2.24, 2.45) is 0 Å². The van der Waals surface area contributed by atoms with Crippen LogP contribution in [0.5, 0.6) is 0 Å². The van der Waals surface area contributed by atoms with Gasteiger partial charge >= 0.3 is 0 Å². The van der Waals surface area contributed by atoms with Gasteiger partial charge < -0.3 is 10.3 Å². The highest BCUT2D eigenvalue weighted by Crippen LogP contribution is 2.31. The maximum atomic E-state index is 12.9. The van der Waals surface area contributed by atoms with Gasteiger partial charge in [0, 0.05) is 27.9 Å². The van der Waals surface area contributed by atoms with E-state index in [9.17, 15) is 4.39 Å². The smallest absolute Gasteiger partial charge is 0.167 e. The van der Waals surface area contributed by atoms with Gasteiger partial charge in [-0.15, -0.1) is 0 Å². The van der Waals surface area contributed by atoms with Gasteiger partial charge in [-0.05, 0) is 42.5 Å². The molecule has 1 aromatic heterocycles. The highest BCUT2D eigenvalue weighted by molar-refractivity contribution is 6.31. The normalized spacial score (nSPS) is 10.7. The van der Waals surface area contributed by atoms with E-state index in [-0.39, 0.29) is 5.82 Å².